The largest absolute Gasteiger partial charge is 0.455 e. The van der Waals surface area contributed by atoms with E-state index in [0.717, 1.165) is 11.5 Å². The lowest BCUT2D eigenvalue weighted by Crippen LogP contribution is -2.12. The van der Waals surface area contributed by atoms with Crippen LogP contribution in [0.3, 0.4) is 0 Å². The van der Waals surface area contributed by atoms with Crippen molar-refractivity contribution in [1.82, 2.24) is 0 Å². The van der Waals surface area contributed by atoms with Gasteiger partial charge in [0.15, 0.2) is 11.5 Å². The highest BCUT2D eigenvalue weighted by Crippen LogP contribution is 2.40. The van der Waals surface area contributed by atoms with Crippen LogP contribution in [-0.2, 0) is 6.18 Å². The molecule has 4 nitrogen and oxygen atoms in total. The van der Waals surface area contributed by atoms with Crippen molar-refractivity contribution in [1.29, 1.82) is 0 Å². The van der Waals surface area contributed by atoms with E-state index in [1.165, 1.54) is 18.2 Å². The Hall–Kier alpha value is -3.22. The van der Waals surface area contributed by atoms with Crippen molar-refractivity contribution in [2.75, 3.05) is 6.79 Å². The van der Waals surface area contributed by atoms with Crippen LogP contribution in [0.4, 0.5) is 13.2 Å². The van der Waals surface area contributed by atoms with Crippen molar-refractivity contribution in [3.63, 3.8) is 0 Å². The third-order valence-corrected chi connectivity index (χ3v) is 4.48. The van der Waals surface area contributed by atoms with E-state index >= 15 is 0 Å². The van der Waals surface area contributed by atoms with Crippen LogP contribution < -0.4 is 14.9 Å². The molecular weight excluding hydrogens is 349 g/mol. The van der Waals surface area contributed by atoms with E-state index < -0.39 is 22.6 Å². The summed E-state index contributed by atoms with van der Waals surface area (Å²) in [4.78, 5) is 12.8. The minimum atomic E-state index is -4.65. The summed E-state index contributed by atoms with van der Waals surface area (Å²) in [6.45, 7) is 0.0887. The maximum Gasteiger partial charge on any atom is 0.417 e. The zero-order chi connectivity index (χ0) is 18.1. The normalized spacial score (nSPS) is 13.8. The summed E-state index contributed by atoms with van der Waals surface area (Å²) in [7, 11) is 0. The Kier molecular flexibility index (Phi) is 2.84. The Morgan fingerprint density at radius 1 is 0.923 bits per heavy atom. The molecule has 26 heavy (non-hydrogen) atoms. The van der Waals surface area contributed by atoms with E-state index in [1.54, 1.807) is 18.2 Å². The van der Waals surface area contributed by atoms with Gasteiger partial charge in [0.1, 0.15) is 11.2 Å². The third-order valence-electron chi connectivity index (χ3n) is 4.48. The predicted octanol–water partition coefficient (Wildman–Crippen LogP) is 4.85. The van der Waals surface area contributed by atoms with E-state index in [0.29, 0.717) is 16.9 Å². The molecule has 0 bridgehead atoms. The molecule has 0 unspecified atom stereocenters. The molecule has 5 rings (SSSR count). The fraction of sp³-hybridized carbons (Fsp3) is 0.105. The average Bonchev–Trinajstić information content (AvgIpc) is 3.06. The highest BCUT2D eigenvalue weighted by molar-refractivity contribution is 6.07. The van der Waals surface area contributed by atoms with Gasteiger partial charge in [0.2, 0.25) is 12.2 Å². The van der Waals surface area contributed by atoms with E-state index in [-0.39, 0.29) is 23.3 Å². The van der Waals surface area contributed by atoms with E-state index in [9.17, 15) is 18.0 Å². The highest BCUT2D eigenvalue weighted by atomic mass is 19.4. The number of fused-ring (bicyclic) bond motifs is 5. The molecule has 0 amide bonds. The number of hydrogen-bond donors (Lipinski definition) is 0. The van der Waals surface area contributed by atoms with Crippen molar-refractivity contribution in [2.24, 2.45) is 0 Å². The third kappa shape index (κ3) is 2.00. The summed E-state index contributed by atoms with van der Waals surface area (Å²) < 4.78 is 56.3. The topological polar surface area (TPSA) is 48.7 Å². The highest BCUT2D eigenvalue weighted by Gasteiger charge is 2.34. The molecule has 0 aliphatic carbocycles. The van der Waals surface area contributed by atoms with Crippen LogP contribution in [0.15, 0.2) is 51.7 Å². The molecule has 0 N–H and O–H groups in total. The predicted molar refractivity (Wildman–Crippen MR) is 88.6 cm³/mol. The van der Waals surface area contributed by atoms with Gasteiger partial charge in [-0.05, 0) is 35.7 Å². The molecule has 7 heteroatoms. The van der Waals surface area contributed by atoms with E-state index in [2.05, 4.69) is 0 Å². The maximum atomic E-state index is 13.3. The summed E-state index contributed by atoms with van der Waals surface area (Å²) >= 11 is 0. The van der Waals surface area contributed by atoms with Gasteiger partial charge >= 0.3 is 6.18 Å². The van der Waals surface area contributed by atoms with Crippen molar-refractivity contribution in [3.8, 4) is 11.5 Å². The first kappa shape index (κ1) is 15.1. The minimum absolute atomic E-state index is 0.0839. The first-order valence-corrected chi connectivity index (χ1v) is 7.72. The van der Waals surface area contributed by atoms with Crippen LogP contribution >= 0.6 is 0 Å². The van der Waals surface area contributed by atoms with Gasteiger partial charge in [0.05, 0.1) is 16.3 Å². The Morgan fingerprint density at radius 2 is 1.69 bits per heavy atom. The molecule has 1 aliphatic rings. The molecule has 0 fully saturated rings. The molecule has 0 saturated carbocycles. The standard InChI is InChI=1S/C19H9F3O4/c20-19(21,22)12-2-1-3-13-16(12)17(23)10-5-4-9-6-14-15(25-8-24-14)7-11(9)18(10)26-13/h1-7H,8H2. The second-order valence-corrected chi connectivity index (χ2v) is 5.98. The first-order valence-electron chi connectivity index (χ1n) is 7.72. The van der Waals surface area contributed by atoms with Gasteiger partial charge in [0, 0.05) is 5.39 Å². The van der Waals surface area contributed by atoms with Gasteiger partial charge in [-0.3, -0.25) is 4.79 Å². The zero-order valence-corrected chi connectivity index (χ0v) is 13.0. The van der Waals surface area contributed by atoms with Crippen LogP contribution in [-0.4, -0.2) is 6.79 Å². The van der Waals surface area contributed by atoms with Gasteiger partial charge in [-0.2, -0.15) is 13.2 Å². The molecule has 0 atom stereocenters. The number of halogens is 3. The summed E-state index contributed by atoms with van der Waals surface area (Å²) in [5.41, 5.74) is -1.61. The molecule has 4 aromatic rings. The number of ether oxygens (including phenoxy) is 2. The SMILES string of the molecule is O=c1c2ccc3cc4c(cc3c2oc2cccc(C(F)(F)F)c12)OCO4. The average molecular weight is 358 g/mol. The Bertz CT molecular complexity index is 1270. The number of hydrogen-bond acceptors (Lipinski definition) is 4. The Morgan fingerprint density at radius 3 is 2.46 bits per heavy atom. The van der Waals surface area contributed by atoms with Gasteiger partial charge < -0.3 is 13.9 Å². The minimum Gasteiger partial charge on any atom is -0.455 e. The van der Waals surface area contributed by atoms with Crippen LogP contribution in [0.2, 0.25) is 0 Å². The van der Waals surface area contributed by atoms with Crippen LogP contribution in [0.1, 0.15) is 5.56 Å². The van der Waals surface area contributed by atoms with Crippen LogP contribution in [0.5, 0.6) is 11.5 Å². The zero-order valence-electron chi connectivity index (χ0n) is 13.0. The Balaban J connectivity index is 1.96. The van der Waals surface area contributed by atoms with Crippen molar-refractivity contribution < 1.29 is 27.1 Å². The van der Waals surface area contributed by atoms with Gasteiger partial charge in [0.25, 0.3) is 0 Å². The fourth-order valence-corrected chi connectivity index (χ4v) is 3.31. The van der Waals surface area contributed by atoms with Crippen LogP contribution in [0, 0.1) is 0 Å². The molecule has 0 radical (unpaired) electrons. The van der Waals surface area contributed by atoms with Crippen molar-refractivity contribution in [2.45, 2.75) is 6.18 Å². The molecular formula is C19H9F3O4. The molecule has 3 aromatic carbocycles. The van der Waals surface area contributed by atoms with Crippen LogP contribution in [0.25, 0.3) is 32.7 Å². The van der Waals surface area contributed by atoms with E-state index in [4.69, 9.17) is 13.9 Å². The fourth-order valence-electron chi connectivity index (χ4n) is 3.31. The molecule has 0 saturated heterocycles. The van der Waals surface area contributed by atoms with E-state index in [1.807, 2.05) is 0 Å². The summed E-state index contributed by atoms with van der Waals surface area (Å²) in [5.74, 6) is 1.07. The van der Waals surface area contributed by atoms with Gasteiger partial charge in [-0.15, -0.1) is 0 Å². The lowest BCUT2D eigenvalue weighted by Gasteiger charge is -2.11. The lowest BCUT2D eigenvalue weighted by atomic mass is 10.0. The maximum absolute atomic E-state index is 13.3. The summed E-state index contributed by atoms with van der Waals surface area (Å²) in [5, 5.41) is 0.924. The van der Waals surface area contributed by atoms with Crippen molar-refractivity contribution >= 4 is 32.7 Å². The smallest absolute Gasteiger partial charge is 0.417 e. The Labute approximate surface area is 143 Å². The second kappa shape index (κ2) is 4.91. The molecule has 2 heterocycles. The van der Waals surface area contributed by atoms with Gasteiger partial charge in [-0.25, -0.2) is 0 Å². The molecule has 130 valence electrons. The monoisotopic (exact) mass is 358 g/mol. The van der Waals surface area contributed by atoms with Crippen molar-refractivity contribution in [3.05, 3.63) is 58.3 Å². The lowest BCUT2D eigenvalue weighted by molar-refractivity contribution is -0.136. The summed E-state index contributed by atoms with van der Waals surface area (Å²) in [6.07, 6.45) is -4.65. The first-order chi connectivity index (χ1) is 12.4. The molecule has 1 aliphatic heterocycles. The number of benzene rings is 3. The molecule has 1 aromatic heterocycles. The second-order valence-electron chi connectivity index (χ2n) is 5.98. The number of alkyl halides is 3. The molecule has 0 spiro atoms. The quantitative estimate of drug-likeness (QED) is 0.333. The summed E-state index contributed by atoms with van der Waals surface area (Å²) in [6, 6.07) is 9.99. The number of rotatable bonds is 0. The van der Waals surface area contributed by atoms with Gasteiger partial charge in [-0.1, -0.05) is 12.1 Å².